The molecule has 2 aromatic carbocycles. The van der Waals surface area contributed by atoms with Crippen molar-refractivity contribution in [2.24, 2.45) is 0 Å². The number of para-hydroxylation sites is 1. The highest BCUT2D eigenvalue weighted by Gasteiger charge is 2.07. The van der Waals surface area contributed by atoms with Crippen LogP contribution in [0.5, 0.6) is 0 Å². The van der Waals surface area contributed by atoms with Crippen molar-refractivity contribution in [3.8, 4) is 0 Å². The number of aromatic nitrogens is 1. The number of nitrogens with one attached hydrogen (secondary N) is 1. The molecular formula is C19H18ClNO2. The number of aromatic amines is 1. The van der Waals surface area contributed by atoms with E-state index in [2.05, 4.69) is 17.1 Å². The van der Waals surface area contributed by atoms with Crippen LogP contribution >= 0.6 is 11.6 Å². The van der Waals surface area contributed by atoms with Crippen molar-refractivity contribution >= 4 is 28.5 Å². The zero-order valence-electron chi connectivity index (χ0n) is 12.7. The topological polar surface area (TPSA) is 42.1 Å². The van der Waals surface area contributed by atoms with Crippen LogP contribution in [0.3, 0.4) is 0 Å². The van der Waals surface area contributed by atoms with Gasteiger partial charge in [0, 0.05) is 28.5 Å². The highest BCUT2D eigenvalue weighted by atomic mass is 35.5. The van der Waals surface area contributed by atoms with Crippen LogP contribution in [0.2, 0.25) is 5.02 Å². The molecule has 118 valence electrons. The fraction of sp³-hybridized carbons (Fsp3) is 0.211. The lowest BCUT2D eigenvalue weighted by Gasteiger charge is -2.05. The number of carbonyl (C=O) groups excluding carboxylic acids is 1. The van der Waals surface area contributed by atoms with Gasteiger partial charge < -0.3 is 9.72 Å². The molecule has 0 fully saturated rings. The van der Waals surface area contributed by atoms with Crippen LogP contribution in [0.15, 0.2) is 54.7 Å². The van der Waals surface area contributed by atoms with Crippen molar-refractivity contribution in [3.63, 3.8) is 0 Å². The quantitative estimate of drug-likeness (QED) is 0.655. The van der Waals surface area contributed by atoms with E-state index in [0.717, 1.165) is 23.9 Å². The van der Waals surface area contributed by atoms with Gasteiger partial charge in [-0.25, -0.2) is 0 Å². The molecule has 0 amide bonds. The number of ether oxygens (including phenoxy) is 1. The molecule has 0 spiro atoms. The van der Waals surface area contributed by atoms with E-state index in [4.69, 9.17) is 16.3 Å². The molecule has 0 unspecified atom stereocenters. The van der Waals surface area contributed by atoms with Crippen LogP contribution in [0.25, 0.3) is 10.9 Å². The predicted molar refractivity (Wildman–Crippen MR) is 92.5 cm³/mol. The van der Waals surface area contributed by atoms with E-state index in [-0.39, 0.29) is 12.6 Å². The number of carbonyl (C=O) groups is 1. The summed E-state index contributed by atoms with van der Waals surface area (Å²) >= 11 is 5.91. The van der Waals surface area contributed by atoms with Gasteiger partial charge in [0.25, 0.3) is 0 Å². The third kappa shape index (κ3) is 4.14. The second kappa shape index (κ2) is 7.34. The molecule has 0 atom stereocenters. The van der Waals surface area contributed by atoms with Gasteiger partial charge in [0.2, 0.25) is 0 Å². The second-order valence-electron chi connectivity index (χ2n) is 5.50. The molecule has 0 aliphatic rings. The predicted octanol–water partition coefficient (Wildman–Crippen LogP) is 4.89. The first-order valence-electron chi connectivity index (χ1n) is 7.67. The van der Waals surface area contributed by atoms with Gasteiger partial charge in [0.05, 0.1) is 0 Å². The van der Waals surface area contributed by atoms with Crippen LogP contribution in [-0.4, -0.2) is 11.0 Å². The second-order valence-corrected chi connectivity index (χ2v) is 5.94. The van der Waals surface area contributed by atoms with E-state index in [1.807, 2.05) is 30.5 Å². The summed E-state index contributed by atoms with van der Waals surface area (Å²) in [6.45, 7) is 0.270. The zero-order chi connectivity index (χ0) is 16.1. The summed E-state index contributed by atoms with van der Waals surface area (Å²) in [5, 5.41) is 1.87. The van der Waals surface area contributed by atoms with E-state index in [0.29, 0.717) is 11.4 Å². The minimum Gasteiger partial charge on any atom is -0.461 e. The van der Waals surface area contributed by atoms with Gasteiger partial charge in [-0.15, -0.1) is 0 Å². The summed E-state index contributed by atoms with van der Waals surface area (Å²) in [5.41, 5.74) is 3.27. The van der Waals surface area contributed by atoms with E-state index in [1.165, 1.54) is 10.9 Å². The average molecular weight is 328 g/mol. The number of fused-ring (bicyclic) bond motifs is 1. The third-order valence-corrected chi connectivity index (χ3v) is 4.03. The third-order valence-electron chi connectivity index (χ3n) is 3.79. The number of hydrogen-bond acceptors (Lipinski definition) is 2. The Morgan fingerprint density at radius 1 is 1.13 bits per heavy atom. The first kappa shape index (κ1) is 15.6. The van der Waals surface area contributed by atoms with Gasteiger partial charge >= 0.3 is 5.97 Å². The lowest BCUT2D eigenvalue weighted by Crippen LogP contribution is -2.05. The average Bonchev–Trinajstić information content (AvgIpc) is 2.97. The summed E-state index contributed by atoms with van der Waals surface area (Å²) in [6.07, 6.45) is 4.06. The SMILES string of the molecule is O=C(CCCc1c[nH]c2ccccc12)OCc1cccc(Cl)c1. The maximum atomic E-state index is 11.8. The zero-order valence-corrected chi connectivity index (χ0v) is 13.5. The molecule has 3 nitrogen and oxygen atoms in total. The minimum absolute atomic E-state index is 0.176. The fourth-order valence-corrected chi connectivity index (χ4v) is 2.84. The van der Waals surface area contributed by atoms with Gasteiger partial charge in [-0.2, -0.15) is 0 Å². The van der Waals surface area contributed by atoms with Crippen molar-refractivity contribution in [3.05, 3.63) is 70.9 Å². The molecule has 23 heavy (non-hydrogen) atoms. The Balaban J connectivity index is 1.46. The van der Waals surface area contributed by atoms with Crippen molar-refractivity contribution in [1.29, 1.82) is 0 Å². The van der Waals surface area contributed by atoms with E-state index >= 15 is 0 Å². The molecule has 1 heterocycles. The van der Waals surface area contributed by atoms with Gasteiger partial charge in [0.1, 0.15) is 6.61 Å². The number of aryl methyl sites for hydroxylation is 1. The Bertz CT molecular complexity index is 810. The Hall–Kier alpha value is -2.26. The van der Waals surface area contributed by atoms with E-state index < -0.39 is 0 Å². The number of esters is 1. The Morgan fingerprint density at radius 2 is 2.00 bits per heavy atom. The molecular weight excluding hydrogens is 310 g/mol. The monoisotopic (exact) mass is 327 g/mol. The molecule has 0 saturated heterocycles. The van der Waals surface area contributed by atoms with E-state index in [1.54, 1.807) is 12.1 Å². The van der Waals surface area contributed by atoms with Crippen molar-refractivity contribution in [2.75, 3.05) is 0 Å². The lowest BCUT2D eigenvalue weighted by atomic mass is 10.1. The largest absolute Gasteiger partial charge is 0.461 e. The molecule has 3 aromatic rings. The number of halogens is 1. The van der Waals surface area contributed by atoms with Crippen LogP contribution in [0.4, 0.5) is 0 Å². The minimum atomic E-state index is -0.176. The van der Waals surface area contributed by atoms with Gasteiger partial charge in [-0.1, -0.05) is 41.9 Å². The molecule has 4 heteroatoms. The smallest absolute Gasteiger partial charge is 0.306 e. The van der Waals surface area contributed by atoms with Gasteiger partial charge in [0.15, 0.2) is 0 Å². The summed E-state index contributed by atoms with van der Waals surface area (Å²) in [5.74, 6) is -0.176. The van der Waals surface area contributed by atoms with Crippen LogP contribution in [-0.2, 0) is 22.6 Å². The first-order chi connectivity index (χ1) is 11.2. The highest BCUT2D eigenvalue weighted by Crippen LogP contribution is 2.19. The molecule has 3 rings (SSSR count). The maximum absolute atomic E-state index is 11.8. The maximum Gasteiger partial charge on any atom is 0.306 e. The summed E-state index contributed by atoms with van der Waals surface area (Å²) in [4.78, 5) is 15.1. The number of benzene rings is 2. The van der Waals surface area contributed by atoms with Gasteiger partial charge in [-0.3, -0.25) is 4.79 Å². The Labute approximate surface area is 140 Å². The standard InChI is InChI=1S/C19H18ClNO2/c20-16-7-3-5-14(11-16)13-23-19(22)10-4-6-15-12-21-18-9-2-1-8-17(15)18/h1-3,5,7-9,11-12,21H,4,6,10,13H2. The van der Waals surface area contributed by atoms with E-state index in [9.17, 15) is 4.79 Å². The molecule has 0 radical (unpaired) electrons. The van der Waals surface area contributed by atoms with Crippen molar-refractivity contribution < 1.29 is 9.53 Å². The number of hydrogen-bond donors (Lipinski definition) is 1. The number of rotatable bonds is 6. The fourth-order valence-electron chi connectivity index (χ4n) is 2.62. The summed E-state index contributed by atoms with van der Waals surface area (Å²) < 4.78 is 5.28. The highest BCUT2D eigenvalue weighted by molar-refractivity contribution is 6.30. The van der Waals surface area contributed by atoms with Crippen molar-refractivity contribution in [2.45, 2.75) is 25.9 Å². The molecule has 1 aromatic heterocycles. The molecule has 0 aliphatic heterocycles. The van der Waals surface area contributed by atoms with Crippen LogP contribution in [0.1, 0.15) is 24.0 Å². The molecule has 0 saturated carbocycles. The van der Waals surface area contributed by atoms with Crippen LogP contribution < -0.4 is 0 Å². The van der Waals surface area contributed by atoms with Crippen LogP contribution in [0, 0.1) is 0 Å². The molecule has 0 bridgehead atoms. The Morgan fingerprint density at radius 3 is 2.87 bits per heavy atom. The first-order valence-corrected chi connectivity index (χ1v) is 8.05. The van der Waals surface area contributed by atoms with Gasteiger partial charge in [-0.05, 0) is 42.2 Å². The summed E-state index contributed by atoms with van der Waals surface area (Å²) in [7, 11) is 0. The lowest BCUT2D eigenvalue weighted by molar-refractivity contribution is -0.145. The molecule has 1 N–H and O–H groups in total. The Kier molecular flexibility index (Phi) is 4.99. The molecule has 0 aliphatic carbocycles. The van der Waals surface area contributed by atoms with Crippen molar-refractivity contribution in [1.82, 2.24) is 4.98 Å². The summed E-state index contributed by atoms with van der Waals surface area (Å²) in [6, 6.07) is 15.5. The normalized spacial score (nSPS) is 10.8. The number of H-pyrrole nitrogens is 1.